The van der Waals surface area contributed by atoms with Crippen molar-refractivity contribution in [1.82, 2.24) is 10.2 Å². The second-order valence-electron chi connectivity index (χ2n) is 4.71. The quantitative estimate of drug-likeness (QED) is 0.859. The Hall–Kier alpha value is -0.850. The maximum atomic E-state index is 14.0. The SMILES string of the molecule is Fc1cc(Cl)cc(F)c1[C@H](CC(F)F)N1CCNCC1. The van der Waals surface area contributed by atoms with Crippen LogP contribution in [-0.4, -0.2) is 37.5 Å². The third-order valence-electron chi connectivity index (χ3n) is 3.37. The number of benzene rings is 1. The minimum absolute atomic E-state index is 0.0835. The van der Waals surface area contributed by atoms with E-state index >= 15 is 0 Å². The molecule has 112 valence electrons. The van der Waals surface area contributed by atoms with E-state index < -0.39 is 30.5 Å². The number of nitrogens with zero attached hydrogens (tertiary/aromatic N) is 1. The zero-order valence-corrected chi connectivity index (χ0v) is 11.4. The van der Waals surface area contributed by atoms with Crippen molar-refractivity contribution in [3.05, 3.63) is 34.4 Å². The largest absolute Gasteiger partial charge is 0.314 e. The van der Waals surface area contributed by atoms with Crippen LogP contribution in [0.25, 0.3) is 0 Å². The zero-order valence-electron chi connectivity index (χ0n) is 10.7. The fourth-order valence-electron chi connectivity index (χ4n) is 2.48. The van der Waals surface area contributed by atoms with Gasteiger partial charge in [-0.25, -0.2) is 17.6 Å². The number of hydrogen-bond acceptors (Lipinski definition) is 2. The van der Waals surface area contributed by atoms with Gasteiger partial charge in [-0.2, -0.15) is 0 Å². The lowest BCUT2D eigenvalue weighted by atomic mass is 10.00. The molecule has 0 saturated carbocycles. The Balaban J connectivity index is 2.35. The maximum absolute atomic E-state index is 14.0. The summed E-state index contributed by atoms with van der Waals surface area (Å²) < 4.78 is 53.4. The Morgan fingerprint density at radius 2 is 1.70 bits per heavy atom. The lowest BCUT2D eigenvalue weighted by molar-refractivity contribution is 0.0710. The van der Waals surface area contributed by atoms with Crippen molar-refractivity contribution < 1.29 is 17.6 Å². The van der Waals surface area contributed by atoms with E-state index in [-0.39, 0.29) is 10.6 Å². The van der Waals surface area contributed by atoms with Crippen LogP contribution in [0, 0.1) is 11.6 Å². The molecule has 1 aliphatic rings. The monoisotopic (exact) mass is 310 g/mol. The summed E-state index contributed by atoms with van der Waals surface area (Å²) >= 11 is 5.57. The Bertz CT molecular complexity index is 441. The highest BCUT2D eigenvalue weighted by Gasteiger charge is 2.30. The van der Waals surface area contributed by atoms with Crippen LogP contribution >= 0.6 is 11.6 Å². The van der Waals surface area contributed by atoms with Crippen LogP contribution in [0.5, 0.6) is 0 Å². The van der Waals surface area contributed by atoms with Crippen molar-refractivity contribution in [2.45, 2.75) is 18.9 Å². The minimum atomic E-state index is -2.63. The number of rotatable bonds is 4. The van der Waals surface area contributed by atoms with Gasteiger partial charge in [-0.15, -0.1) is 0 Å². The Morgan fingerprint density at radius 3 is 2.20 bits per heavy atom. The van der Waals surface area contributed by atoms with Gasteiger partial charge in [0.25, 0.3) is 0 Å². The predicted octanol–water partition coefficient (Wildman–Crippen LogP) is 3.22. The second kappa shape index (κ2) is 6.74. The molecule has 1 N–H and O–H groups in total. The van der Waals surface area contributed by atoms with E-state index in [0.717, 1.165) is 12.1 Å². The van der Waals surface area contributed by atoms with E-state index in [0.29, 0.717) is 26.2 Å². The first kappa shape index (κ1) is 15.5. The Kier molecular flexibility index (Phi) is 5.23. The second-order valence-corrected chi connectivity index (χ2v) is 5.15. The van der Waals surface area contributed by atoms with Gasteiger partial charge in [-0.3, -0.25) is 4.90 Å². The summed E-state index contributed by atoms with van der Waals surface area (Å²) in [7, 11) is 0. The van der Waals surface area contributed by atoms with Gasteiger partial charge in [-0.1, -0.05) is 11.6 Å². The Labute approximate surface area is 119 Å². The standard InChI is InChI=1S/C13H15ClF4N2/c14-8-5-9(15)13(10(16)6-8)11(7-12(17)18)20-3-1-19-2-4-20/h5-6,11-12,19H,1-4,7H2/t11-/m0/s1. The highest BCUT2D eigenvalue weighted by atomic mass is 35.5. The zero-order chi connectivity index (χ0) is 14.7. The molecule has 1 aromatic rings. The third-order valence-corrected chi connectivity index (χ3v) is 3.59. The third kappa shape index (κ3) is 3.62. The van der Waals surface area contributed by atoms with E-state index in [4.69, 9.17) is 11.6 Å². The minimum Gasteiger partial charge on any atom is -0.314 e. The van der Waals surface area contributed by atoms with Crippen molar-refractivity contribution >= 4 is 11.6 Å². The summed E-state index contributed by atoms with van der Waals surface area (Å²) in [6.07, 6.45) is -3.24. The van der Waals surface area contributed by atoms with Crippen LogP contribution in [-0.2, 0) is 0 Å². The molecule has 7 heteroatoms. The summed E-state index contributed by atoms with van der Waals surface area (Å²) in [4.78, 5) is 1.68. The van der Waals surface area contributed by atoms with Crippen molar-refractivity contribution in [2.24, 2.45) is 0 Å². The maximum Gasteiger partial charge on any atom is 0.240 e. The summed E-state index contributed by atoms with van der Waals surface area (Å²) in [5.74, 6) is -1.75. The normalized spacial score (nSPS) is 18.5. The Morgan fingerprint density at radius 1 is 1.15 bits per heavy atom. The van der Waals surface area contributed by atoms with Gasteiger partial charge in [-0.05, 0) is 12.1 Å². The molecule has 1 aromatic carbocycles. The average molecular weight is 311 g/mol. The molecule has 2 rings (SSSR count). The van der Waals surface area contributed by atoms with E-state index in [2.05, 4.69) is 5.32 Å². The molecule has 0 aromatic heterocycles. The van der Waals surface area contributed by atoms with Crippen molar-refractivity contribution in [1.29, 1.82) is 0 Å². The molecule has 2 nitrogen and oxygen atoms in total. The number of piperazine rings is 1. The molecule has 1 atom stereocenters. The van der Waals surface area contributed by atoms with Crippen LogP contribution in [0.1, 0.15) is 18.0 Å². The molecule has 1 saturated heterocycles. The fraction of sp³-hybridized carbons (Fsp3) is 0.538. The van der Waals surface area contributed by atoms with Gasteiger partial charge in [0.1, 0.15) is 11.6 Å². The van der Waals surface area contributed by atoms with Gasteiger partial charge in [0, 0.05) is 49.2 Å². The molecule has 1 aliphatic heterocycles. The van der Waals surface area contributed by atoms with Crippen LogP contribution in [0.15, 0.2) is 12.1 Å². The molecule has 0 aliphatic carbocycles. The van der Waals surface area contributed by atoms with Gasteiger partial charge in [0.05, 0.1) is 0 Å². The lowest BCUT2D eigenvalue weighted by Crippen LogP contribution is -2.46. The van der Waals surface area contributed by atoms with Crippen LogP contribution in [0.4, 0.5) is 17.6 Å². The first-order valence-electron chi connectivity index (χ1n) is 6.36. The molecule has 0 amide bonds. The molecule has 0 unspecified atom stereocenters. The number of alkyl halides is 2. The smallest absolute Gasteiger partial charge is 0.240 e. The van der Waals surface area contributed by atoms with Crippen LogP contribution < -0.4 is 5.32 Å². The predicted molar refractivity (Wildman–Crippen MR) is 69.2 cm³/mol. The lowest BCUT2D eigenvalue weighted by Gasteiger charge is -2.35. The topological polar surface area (TPSA) is 15.3 Å². The van der Waals surface area contributed by atoms with E-state index in [1.165, 1.54) is 0 Å². The van der Waals surface area contributed by atoms with Gasteiger partial charge < -0.3 is 5.32 Å². The van der Waals surface area contributed by atoms with Crippen molar-refractivity contribution in [2.75, 3.05) is 26.2 Å². The highest BCUT2D eigenvalue weighted by Crippen LogP contribution is 2.33. The van der Waals surface area contributed by atoms with Crippen molar-refractivity contribution in [3.8, 4) is 0 Å². The summed E-state index contributed by atoms with van der Waals surface area (Å²) in [6, 6.07) is 0.940. The van der Waals surface area contributed by atoms with Gasteiger partial charge in [0.2, 0.25) is 6.43 Å². The molecule has 0 radical (unpaired) electrons. The van der Waals surface area contributed by atoms with E-state index in [9.17, 15) is 17.6 Å². The van der Waals surface area contributed by atoms with Gasteiger partial charge >= 0.3 is 0 Å². The number of nitrogens with one attached hydrogen (secondary N) is 1. The molecule has 1 fully saturated rings. The first-order chi connectivity index (χ1) is 9.49. The molecule has 20 heavy (non-hydrogen) atoms. The van der Waals surface area contributed by atoms with E-state index in [1.807, 2.05) is 0 Å². The highest BCUT2D eigenvalue weighted by molar-refractivity contribution is 6.30. The van der Waals surface area contributed by atoms with Gasteiger partial charge in [0.15, 0.2) is 0 Å². The summed E-state index contributed by atoms with van der Waals surface area (Å²) in [5.41, 5.74) is -0.323. The van der Waals surface area contributed by atoms with Crippen molar-refractivity contribution in [3.63, 3.8) is 0 Å². The fourth-order valence-corrected chi connectivity index (χ4v) is 2.68. The summed E-state index contributed by atoms with van der Waals surface area (Å²) in [6.45, 7) is 2.16. The average Bonchev–Trinajstić information content (AvgIpc) is 2.37. The van der Waals surface area contributed by atoms with Crippen LogP contribution in [0.2, 0.25) is 5.02 Å². The molecule has 0 bridgehead atoms. The number of hydrogen-bond donors (Lipinski definition) is 1. The van der Waals surface area contributed by atoms with Crippen LogP contribution in [0.3, 0.4) is 0 Å². The molecule has 0 spiro atoms. The summed E-state index contributed by atoms with van der Waals surface area (Å²) in [5, 5.41) is 2.99. The number of halogens is 5. The molecule has 1 heterocycles. The first-order valence-corrected chi connectivity index (χ1v) is 6.74. The van der Waals surface area contributed by atoms with E-state index in [1.54, 1.807) is 4.90 Å². The molecular formula is C13H15ClF4N2. The molecular weight excluding hydrogens is 296 g/mol.